The molecule has 6 nitrogen and oxygen atoms in total. The molecule has 1 aromatic carbocycles. The van der Waals surface area contributed by atoms with Crippen molar-refractivity contribution in [2.24, 2.45) is 0 Å². The molecule has 0 bridgehead atoms. The lowest BCUT2D eigenvalue weighted by molar-refractivity contribution is -0.360. The number of halogens is 5. The molecule has 2 rings (SSSR count). The zero-order valence-electron chi connectivity index (χ0n) is 18.0. The number of fused-ring (bicyclic) bond motifs is 1. The van der Waals surface area contributed by atoms with E-state index < -0.39 is 23.7 Å². The van der Waals surface area contributed by atoms with Gasteiger partial charge in [-0.15, -0.1) is 0 Å². The highest BCUT2D eigenvalue weighted by atomic mass is 19.4. The monoisotopic (exact) mass is 480 g/mol. The molecule has 0 aliphatic carbocycles. The molecule has 33 heavy (non-hydrogen) atoms. The van der Waals surface area contributed by atoms with Gasteiger partial charge in [-0.2, -0.15) is 22.0 Å². The molecule has 0 radical (unpaired) electrons. The SMILES string of the molecule is CCC(=O)OCCCCCCCCOc1cc(=O)oc2cc(OC(F)(F)C(F)(F)F)ccc12. The summed E-state index contributed by atoms with van der Waals surface area (Å²) in [6.07, 6.45) is -5.74. The van der Waals surface area contributed by atoms with Crippen LogP contribution in [0.1, 0.15) is 51.9 Å². The third kappa shape index (κ3) is 8.21. The minimum absolute atomic E-state index is 0.133. The number of ether oxygens (including phenoxy) is 3. The van der Waals surface area contributed by atoms with E-state index in [-0.39, 0.29) is 29.3 Å². The number of benzene rings is 1. The Morgan fingerprint density at radius 1 is 0.939 bits per heavy atom. The second-order valence-corrected chi connectivity index (χ2v) is 7.25. The normalized spacial score (nSPS) is 12.1. The van der Waals surface area contributed by atoms with Gasteiger partial charge >= 0.3 is 23.9 Å². The van der Waals surface area contributed by atoms with Crippen LogP contribution in [0.2, 0.25) is 0 Å². The number of alkyl halides is 5. The number of carbonyl (C=O) groups is 1. The molecule has 1 heterocycles. The molecule has 2 aromatic rings. The second-order valence-electron chi connectivity index (χ2n) is 7.25. The van der Waals surface area contributed by atoms with Crippen LogP contribution in [0, 0.1) is 0 Å². The van der Waals surface area contributed by atoms with Crippen LogP contribution in [0.3, 0.4) is 0 Å². The Hall–Kier alpha value is -2.85. The molecular formula is C22H25F5O6. The Balaban J connectivity index is 1.83. The van der Waals surface area contributed by atoms with Crippen LogP contribution in [-0.2, 0) is 9.53 Å². The van der Waals surface area contributed by atoms with Crippen LogP contribution in [0.4, 0.5) is 22.0 Å². The smallest absolute Gasteiger partial charge is 0.493 e. The Morgan fingerprint density at radius 3 is 2.21 bits per heavy atom. The third-order valence-electron chi connectivity index (χ3n) is 4.60. The first-order chi connectivity index (χ1) is 15.5. The van der Waals surface area contributed by atoms with Gasteiger partial charge in [-0.1, -0.05) is 32.6 Å². The molecule has 0 saturated heterocycles. The molecule has 0 atom stereocenters. The minimum Gasteiger partial charge on any atom is -0.493 e. The van der Waals surface area contributed by atoms with Crippen molar-refractivity contribution < 1.29 is 45.4 Å². The van der Waals surface area contributed by atoms with Crippen molar-refractivity contribution in [3.63, 3.8) is 0 Å². The van der Waals surface area contributed by atoms with E-state index in [2.05, 4.69) is 4.74 Å². The van der Waals surface area contributed by atoms with Gasteiger partial charge in [0.1, 0.15) is 17.1 Å². The highest BCUT2D eigenvalue weighted by Crippen LogP contribution is 2.38. The topological polar surface area (TPSA) is 75.0 Å². The van der Waals surface area contributed by atoms with E-state index in [1.54, 1.807) is 6.92 Å². The second kappa shape index (κ2) is 11.9. The van der Waals surface area contributed by atoms with E-state index in [0.29, 0.717) is 19.4 Å². The summed E-state index contributed by atoms with van der Waals surface area (Å²) in [5.74, 6) is -0.889. The number of carbonyl (C=O) groups excluding carboxylic acids is 1. The molecule has 0 fully saturated rings. The predicted molar refractivity (Wildman–Crippen MR) is 109 cm³/mol. The highest BCUT2D eigenvalue weighted by molar-refractivity contribution is 5.84. The molecule has 11 heteroatoms. The highest BCUT2D eigenvalue weighted by Gasteiger charge is 2.61. The average molecular weight is 480 g/mol. The first-order valence-corrected chi connectivity index (χ1v) is 10.5. The van der Waals surface area contributed by atoms with Crippen LogP contribution < -0.4 is 15.1 Å². The van der Waals surface area contributed by atoms with E-state index in [1.807, 2.05) is 0 Å². The van der Waals surface area contributed by atoms with Gasteiger partial charge in [0, 0.05) is 12.5 Å². The van der Waals surface area contributed by atoms with Crippen molar-refractivity contribution in [1.29, 1.82) is 0 Å². The number of hydrogen-bond donors (Lipinski definition) is 0. The summed E-state index contributed by atoms with van der Waals surface area (Å²) in [4.78, 5) is 22.7. The van der Waals surface area contributed by atoms with Crippen LogP contribution in [0.25, 0.3) is 11.0 Å². The van der Waals surface area contributed by atoms with Gasteiger partial charge in [0.2, 0.25) is 0 Å². The lowest BCUT2D eigenvalue weighted by Gasteiger charge is -2.20. The van der Waals surface area contributed by atoms with Gasteiger partial charge in [0.25, 0.3) is 0 Å². The fourth-order valence-electron chi connectivity index (χ4n) is 2.88. The van der Waals surface area contributed by atoms with E-state index >= 15 is 0 Å². The van der Waals surface area contributed by atoms with Gasteiger partial charge in [-0.05, 0) is 25.0 Å². The molecule has 184 valence electrons. The molecular weight excluding hydrogens is 455 g/mol. The maximum atomic E-state index is 13.1. The van der Waals surface area contributed by atoms with E-state index in [0.717, 1.165) is 50.3 Å². The van der Waals surface area contributed by atoms with Gasteiger partial charge in [-0.25, -0.2) is 4.79 Å². The summed E-state index contributed by atoms with van der Waals surface area (Å²) in [6, 6.07) is 3.94. The minimum atomic E-state index is -5.89. The van der Waals surface area contributed by atoms with Crippen molar-refractivity contribution in [1.82, 2.24) is 0 Å². The zero-order chi connectivity index (χ0) is 24.5. The lowest BCUT2D eigenvalue weighted by Crippen LogP contribution is -2.41. The zero-order valence-corrected chi connectivity index (χ0v) is 18.0. The van der Waals surface area contributed by atoms with E-state index in [9.17, 15) is 31.5 Å². The summed E-state index contributed by atoms with van der Waals surface area (Å²) in [7, 11) is 0. The molecule has 0 amide bonds. The van der Waals surface area contributed by atoms with Gasteiger partial charge in [0.05, 0.1) is 24.7 Å². The summed E-state index contributed by atoms with van der Waals surface area (Å²) < 4.78 is 82.4. The summed E-state index contributed by atoms with van der Waals surface area (Å²) in [6.45, 7) is 2.43. The first kappa shape index (κ1) is 26.4. The van der Waals surface area contributed by atoms with Crippen molar-refractivity contribution in [3.8, 4) is 11.5 Å². The van der Waals surface area contributed by atoms with E-state index in [4.69, 9.17) is 13.9 Å². The third-order valence-corrected chi connectivity index (χ3v) is 4.60. The van der Waals surface area contributed by atoms with Gasteiger partial charge < -0.3 is 18.6 Å². The van der Waals surface area contributed by atoms with Crippen LogP contribution in [-0.4, -0.2) is 31.5 Å². The molecule has 0 N–H and O–H groups in total. The number of unbranched alkanes of at least 4 members (excludes halogenated alkanes) is 5. The summed E-state index contributed by atoms with van der Waals surface area (Å²) in [5.41, 5.74) is -1.09. The molecule has 0 spiro atoms. The van der Waals surface area contributed by atoms with E-state index in [1.165, 1.54) is 6.07 Å². The van der Waals surface area contributed by atoms with Crippen molar-refractivity contribution in [2.45, 2.75) is 64.2 Å². The fourth-order valence-corrected chi connectivity index (χ4v) is 2.88. The maximum Gasteiger partial charge on any atom is 0.499 e. The lowest BCUT2D eigenvalue weighted by atomic mass is 10.1. The summed E-state index contributed by atoms with van der Waals surface area (Å²) in [5, 5.41) is 0.235. The number of esters is 1. The van der Waals surface area contributed by atoms with Crippen LogP contribution in [0.5, 0.6) is 11.5 Å². The largest absolute Gasteiger partial charge is 0.499 e. The van der Waals surface area contributed by atoms with Crippen LogP contribution >= 0.6 is 0 Å². The van der Waals surface area contributed by atoms with Crippen molar-refractivity contribution in [2.75, 3.05) is 13.2 Å². The first-order valence-electron chi connectivity index (χ1n) is 10.5. The Kier molecular flexibility index (Phi) is 9.48. The standard InChI is InChI=1S/C22H25F5O6/c1-2-19(28)31-12-8-6-4-3-5-7-11-30-17-14-20(29)32-18-13-15(9-10-16(17)18)33-22(26,27)21(23,24)25/h9-10,13-14H,2-8,11-12H2,1H3. The predicted octanol–water partition coefficient (Wildman–Crippen LogP) is 6.00. The molecule has 0 unspecified atom stereocenters. The molecule has 0 saturated carbocycles. The quantitative estimate of drug-likeness (QED) is 0.152. The van der Waals surface area contributed by atoms with Crippen LogP contribution in [0.15, 0.2) is 33.5 Å². The molecule has 0 aliphatic rings. The molecule has 1 aromatic heterocycles. The van der Waals surface area contributed by atoms with Gasteiger partial charge in [-0.3, -0.25) is 4.79 Å². The Bertz CT molecular complexity index is 970. The maximum absolute atomic E-state index is 13.1. The number of hydrogen-bond acceptors (Lipinski definition) is 6. The Morgan fingerprint density at radius 2 is 1.58 bits per heavy atom. The summed E-state index contributed by atoms with van der Waals surface area (Å²) >= 11 is 0. The molecule has 0 aliphatic heterocycles. The number of rotatable bonds is 13. The van der Waals surface area contributed by atoms with Crippen molar-refractivity contribution in [3.05, 3.63) is 34.7 Å². The fraction of sp³-hybridized carbons (Fsp3) is 0.545. The Labute approximate surface area is 186 Å². The average Bonchev–Trinajstić information content (AvgIpc) is 2.73. The van der Waals surface area contributed by atoms with Crippen molar-refractivity contribution >= 4 is 16.9 Å². The van der Waals surface area contributed by atoms with Gasteiger partial charge in [0.15, 0.2) is 0 Å².